The van der Waals surface area contributed by atoms with Gasteiger partial charge in [0.1, 0.15) is 11.8 Å². The van der Waals surface area contributed by atoms with Crippen LogP contribution in [0.3, 0.4) is 0 Å². The highest BCUT2D eigenvalue weighted by Gasteiger charge is 2.26. The van der Waals surface area contributed by atoms with Crippen molar-refractivity contribution in [3.63, 3.8) is 0 Å². The number of hydrogen-bond donors (Lipinski definition) is 6. The lowest BCUT2D eigenvalue weighted by molar-refractivity contribution is -0.403. The number of carbonyl (C=O) groups excluding carboxylic acids is 1. The molecular formula is C18H22BN2O6+. The van der Waals surface area contributed by atoms with Crippen molar-refractivity contribution in [3.05, 3.63) is 59.7 Å². The maximum absolute atomic E-state index is 12.3. The molecule has 0 bridgehead atoms. The van der Waals surface area contributed by atoms with Gasteiger partial charge in [-0.05, 0) is 28.7 Å². The minimum Gasteiger partial charge on any atom is -0.508 e. The molecular weight excluding hydrogens is 351 g/mol. The molecule has 0 radical (unpaired) electrons. The Kier molecular flexibility index (Phi) is 6.94. The van der Waals surface area contributed by atoms with Crippen LogP contribution in [0.15, 0.2) is 48.5 Å². The molecule has 2 rings (SSSR count). The number of phenols is 1. The number of carboxylic acids is 1. The van der Waals surface area contributed by atoms with Gasteiger partial charge >= 0.3 is 13.1 Å². The fourth-order valence-corrected chi connectivity index (χ4v) is 2.56. The van der Waals surface area contributed by atoms with Crippen molar-refractivity contribution in [1.82, 2.24) is 5.32 Å². The van der Waals surface area contributed by atoms with Gasteiger partial charge in [0.2, 0.25) is 0 Å². The topological polar surface area (TPSA) is 155 Å². The number of nitrogens with one attached hydrogen (secondary N) is 1. The Bertz CT molecular complexity index is 779. The molecule has 27 heavy (non-hydrogen) atoms. The van der Waals surface area contributed by atoms with Crippen LogP contribution in [0.4, 0.5) is 0 Å². The first-order chi connectivity index (χ1) is 12.8. The van der Waals surface area contributed by atoms with Gasteiger partial charge in [-0.25, -0.2) is 4.79 Å². The van der Waals surface area contributed by atoms with Gasteiger partial charge in [-0.1, -0.05) is 36.4 Å². The monoisotopic (exact) mass is 373 g/mol. The molecule has 8 nitrogen and oxygen atoms in total. The van der Waals surface area contributed by atoms with Crippen LogP contribution < -0.4 is 16.5 Å². The number of amides is 1. The van der Waals surface area contributed by atoms with E-state index in [4.69, 9.17) is 10.0 Å². The number of aromatic hydroxyl groups is 1. The van der Waals surface area contributed by atoms with Gasteiger partial charge in [0.05, 0.1) is 0 Å². The zero-order valence-corrected chi connectivity index (χ0v) is 14.6. The largest absolute Gasteiger partial charge is 0.508 e. The van der Waals surface area contributed by atoms with E-state index in [-0.39, 0.29) is 12.2 Å². The molecule has 1 amide bonds. The second kappa shape index (κ2) is 9.18. The minimum atomic E-state index is -1.60. The van der Waals surface area contributed by atoms with Crippen molar-refractivity contribution in [1.29, 1.82) is 0 Å². The molecule has 0 aliphatic carbocycles. The van der Waals surface area contributed by atoms with Crippen LogP contribution in [-0.2, 0) is 22.4 Å². The van der Waals surface area contributed by atoms with E-state index in [1.165, 1.54) is 24.3 Å². The molecule has 0 saturated carbocycles. The number of benzene rings is 2. The summed E-state index contributed by atoms with van der Waals surface area (Å²) in [6, 6.07) is 10.7. The van der Waals surface area contributed by atoms with Crippen molar-refractivity contribution in [2.45, 2.75) is 24.9 Å². The van der Waals surface area contributed by atoms with E-state index < -0.39 is 31.1 Å². The lowest BCUT2D eigenvalue weighted by Gasteiger charge is -2.17. The van der Waals surface area contributed by atoms with E-state index >= 15 is 0 Å². The first-order valence-corrected chi connectivity index (χ1v) is 8.35. The minimum absolute atomic E-state index is 0.0504. The third-order valence-electron chi connectivity index (χ3n) is 4.12. The number of hydrogen-bond acceptors (Lipinski definition) is 5. The summed E-state index contributed by atoms with van der Waals surface area (Å²) in [5.74, 6) is -1.54. The number of quaternary nitrogens is 1. The van der Waals surface area contributed by atoms with Gasteiger partial charge in [0, 0.05) is 12.8 Å². The van der Waals surface area contributed by atoms with E-state index in [0.717, 1.165) is 5.56 Å². The predicted molar refractivity (Wildman–Crippen MR) is 98.0 cm³/mol. The highest BCUT2D eigenvalue weighted by molar-refractivity contribution is 6.58. The van der Waals surface area contributed by atoms with Crippen LogP contribution in [0.5, 0.6) is 5.75 Å². The fraction of sp³-hybridized carbons (Fsp3) is 0.222. The molecule has 2 aromatic carbocycles. The molecule has 9 heteroatoms. The van der Waals surface area contributed by atoms with Gasteiger partial charge in [0.25, 0.3) is 5.91 Å². The molecule has 0 spiro atoms. The van der Waals surface area contributed by atoms with E-state index in [1.807, 2.05) is 0 Å². The highest BCUT2D eigenvalue weighted by Crippen LogP contribution is 2.11. The van der Waals surface area contributed by atoms with Crippen LogP contribution in [-0.4, -0.2) is 51.3 Å². The van der Waals surface area contributed by atoms with Gasteiger partial charge in [-0.3, -0.25) is 4.79 Å². The SMILES string of the molecule is [NH3+][C@@H](Cc1ccc(O)cc1)C(=O)N[C@@H](Cc1ccc(B(O)O)cc1)C(=O)O. The highest BCUT2D eigenvalue weighted by atomic mass is 16.4. The Morgan fingerprint density at radius 1 is 0.963 bits per heavy atom. The van der Waals surface area contributed by atoms with Crippen molar-refractivity contribution >= 4 is 24.5 Å². The third kappa shape index (κ3) is 6.10. The van der Waals surface area contributed by atoms with Crippen LogP contribution in [0.2, 0.25) is 0 Å². The van der Waals surface area contributed by atoms with Crippen LogP contribution >= 0.6 is 0 Å². The summed E-state index contributed by atoms with van der Waals surface area (Å²) in [5, 5.41) is 39.3. The summed E-state index contributed by atoms with van der Waals surface area (Å²) in [6.45, 7) is 0. The van der Waals surface area contributed by atoms with E-state index in [1.54, 1.807) is 24.3 Å². The van der Waals surface area contributed by atoms with Gasteiger partial charge in [-0.15, -0.1) is 0 Å². The molecule has 0 unspecified atom stereocenters. The van der Waals surface area contributed by atoms with Crippen molar-refractivity contribution < 1.29 is 35.6 Å². The zero-order chi connectivity index (χ0) is 20.0. The molecule has 0 aliphatic heterocycles. The van der Waals surface area contributed by atoms with Gasteiger partial charge < -0.3 is 31.3 Å². The Balaban J connectivity index is 1.98. The summed E-state index contributed by atoms with van der Waals surface area (Å²) in [6.07, 6.45) is 0.357. The number of rotatable bonds is 8. The Hall–Kier alpha value is -2.88. The average Bonchev–Trinajstić information content (AvgIpc) is 2.63. The first kappa shape index (κ1) is 20.4. The van der Waals surface area contributed by atoms with Crippen LogP contribution in [0.1, 0.15) is 11.1 Å². The molecule has 0 aromatic heterocycles. The van der Waals surface area contributed by atoms with Gasteiger partial charge in [0.15, 0.2) is 6.04 Å². The maximum Gasteiger partial charge on any atom is 0.488 e. The van der Waals surface area contributed by atoms with E-state index in [9.17, 15) is 19.8 Å². The third-order valence-corrected chi connectivity index (χ3v) is 4.12. The summed E-state index contributed by atoms with van der Waals surface area (Å²) < 4.78 is 0. The summed E-state index contributed by atoms with van der Waals surface area (Å²) >= 11 is 0. The molecule has 0 heterocycles. The smallest absolute Gasteiger partial charge is 0.488 e. The van der Waals surface area contributed by atoms with E-state index in [2.05, 4.69) is 11.1 Å². The predicted octanol–water partition coefficient (Wildman–Crippen LogP) is -1.96. The quantitative estimate of drug-likeness (QED) is 0.295. The normalized spacial score (nSPS) is 12.9. The summed E-state index contributed by atoms with van der Waals surface area (Å²) in [7, 11) is -1.60. The zero-order valence-electron chi connectivity index (χ0n) is 14.6. The summed E-state index contributed by atoms with van der Waals surface area (Å²) in [4.78, 5) is 23.8. The Morgan fingerprint density at radius 2 is 1.48 bits per heavy atom. The molecule has 0 fully saturated rings. The second-order valence-corrected chi connectivity index (χ2v) is 6.29. The van der Waals surface area contributed by atoms with Crippen LogP contribution in [0.25, 0.3) is 0 Å². The number of carbonyl (C=O) groups is 2. The second-order valence-electron chi connectivity index (χ2n) is 6.29. The Labute approximate surface area is 156 Å². The van der Waals surface area contributed by atoms with Crippen molar-refractivity contribution in [3.8, 4) is 5.75 Å². The molecule has 8 N–H and O–H groups in total. The summed E-state index contributed by atoms with van der Waals surface area (Å²) in [5.41, 5.74) is 5.51. The molecule has 2 atom stereocenters. The molecule has 2 aromatic rings. The molecule has 0 aliphatic rings. The lowest BCUT2D eigenvalue weighted by atomic mass is 9.80. The number of phenolic OH excluding ortho intramolecular Hbond substituents is 1. The van der Waals surface area contributed by atoms with Crippen LogP contribution in [0, 0.1) is 0 Å². The van der Waals surface area contributed by atoms with Crippen molar-refractivity contribution in [2.24, 2.45) is 0 Å². The first-order valence-electron chi connectivity index (χ1n) is 8.35. The maximum atomic E-state index is 12.3. The Morgan fingerprint density at radius 3 is 2.00 bits per heavy atom. The molecule has 0 saturated heterocycles. The number of aliphatic carboxylic acids is 1. The fourth-order valence-electron chi connectivity index (χ4n) is 2.56. The molecule has 142 valence electrons. The van der Waals surface area contributed by atoms with E-state index in [0.29, 0.717) is 17.4 Å². The van der Waals surface area contributed by atoms with Crippen molar-refractivity contribution in [2.75, 3.05) is 0 Å². The average molecular weight is 373 g/mol. The number of carboxylic acid groups (broad SMARTS) is 1. The standard InChI is InChI=1S/C18H21BN2O6/c20-15(9-11-3-7-14(22)8-4-11)17(23)21-16(18(24)25)10-12-1-5-13(6-2-12)19(26)27/h1-8,15-16,22,26-27H,9-10,20H2,(H,21,23)(H,24,25)/p+1/t15-,16-/m0/s1. The van der Waals surface area contributed by atoms with Gasteiger partial charge in [-0.2, -0.15) is 0 Å². The lowest BCUT2D eigenvalue weighted by Crippen LogP contribution is -2.69.